The van der Waals surface area contributed by atoms with Crippen molar-refractivity contribution in [3.05, 3.63) is 34.8 Å². The van der Waals surface area contributed by atoms with Crippen LogP contribution in [-0.4, -0.2) is 51.8 Å². The van der Waals surface area contributed by atoms with Gasteiger partial charge in [0, 0.05) is 32.6 Å². The first-order chi connectivity index (χ1) is 14.1. The third-order valence-corrected chi connectivity index (χ3v) is 5.19. The highest BCUT2D eigenvalue weighted by Crippen LogP contribution is 2.28. The number of nitrogens with one attached hydrogen (secondary N) is 2. The molecule has 1 heterocycles. The third-order valence-electron chi connectivity index (χ3n) is 4.13. The van der Waals surface area contributed by atoms with E-state index in [4.69, 9.17) is 9.47 Å². The van der Waals surface area contributed by atoms with Crippen LogP contribution in [0.1, 0.15) is 31.5 Å². The molecule has 0 aliphatic carbocycles. The molecule has 1 aromatic carbocycles. The molecule has 2 rings (SSSR count). The van der Waals surface area contributed by atoms with Gasteiger partial charge in [0.15, 0.2) is 22.6 Å². The predicted octanol–water partition coefficient (Wildman–Crippen LogP) is 3.30. The Balaban J connectivity index is 1.84. The van der Waals surface area contributed by atoms with Gasteiger partial charge in [-0.3, -0.25) is 0 Å². The highest BCUT2D eigenvalue weighted by Gasteiger charge is 2.06. The Morgan fingerprint density at radius 1 is 1.21 bits per heavy atom. The number of guanidine groups is 1. The molecule has 0 unspecified atom stereocenters. The summed E-state index contributed by atoms with van der Waals surface area (Å²) >= 11 is 1.63. The van der Waals surface area contributed by atoms with Gasteiger partial charge in [0.2, 0.25) is 0 Å². The smallest absolute Gasteiger partial charge is 0.191 e. The molecule has 1 aromatic heterocycles. The van der Waals surface area contributed by atoms with Crippen molar-refractivity contribution in [2.45, 2.75) is 33.2 Å². The maximum atomic E-state index is 5.66. The zero-order valence-electron chi connectivity index (χ0n) is 18.1. The van der Waals surface area contributed by atoms with E-state index in [0.717, 1.165) is 54.2 Å². The lowest BCUT2D eigenvalue weighted by Gasteiger charge is -2.12. The molecule has 0 atom stereocenters. The number of rotatable bonds is 11. The van der Waals surface area contributed by atoms with Crippen molar-refractivity contribution in [1.29, 1.82) is 0 Å². The summed E-state index contributed by atoms with van der Waals surface area (Å²) in [5, 5.41) is 9.75. The maximum Gasteiger partial charge on any atom is 0.191 e. The van der Waals surface area contributed by atoms with E-state index in [9.17, 15) is 0 Å². The molecule has 0 saturated carbocycles. The van der Waals surface area contributed by atoms with Crippen molar-refractivity contribution in [2.24, 2.45) is 4.99 Å². The molecule has 0 spiro atoms. The normalized spacial score (nSPS) is 11.3. The number of hydrogen-bond acceptors (Lipinski definition) is 6. The molecular formula is C21H33N5O2S. The van der Waals surface area contributed by atoms with Crippen molar-refractivity contribution < 1.29 is 9.47 Å². The number of ether oxygens (including phenoxy) is 2. The van der Waals surface area contributed by atoms with Gasteiger partial charge in [0.25, 0.3) is 0 Å². The number of anilines is 1. The first-order valence-electron chi connectivity index (χ1n) is 10.0. The Morgan fingerprint density at radius 3 is 2.69 bits per heavy atom. The number of methoxy groups -OCH3 is 1. The molecule has 0 radical (unpaired) electrons. The number of benzene rings is 1. The maximum absolute atomic E-state index is 5.66. The lowest BCUT2D eigenvalue weighted by Crippen LogP contribution is -2.37. The van der Waals surface area contributed by atoms with Crippen LogP contribution in [0.2, 0.25) is 0 Å². The molecule has 0 aliphatic heterocycles. The fraction of sp³-hybridized carbons (Fsp3) is 0.524. The second-order valence-corrected chi connectivity index (χ2v) is 7.50. The average Bonchev–Trinajstić information content (AvgIpc) is 3.19. The second-order valence-electron chi connectivity index (χ2n) is 6.66. The van der Waals surface area contributed by atoms with Gasteiger partial charge in [0.1, 0.15) is 0 Å². The summed E-state index contributed by atoms with van der Waals surface area (Å²) in [5.41, 5.74) is 2.22. The van der Waals surface area contributed by atoms with Gasteiger partial charge in [-0.15, -0.1) is 11.3 Å². The Bertz CT molecular complexity index is 776. The molecule has 8 heteroatoms. The van der Waals surface area contributed by atoms with E-state index in [0.29, 0.717) is 13.2 Å². The van der Waals surface area contributed by atoms with E-state index in [2.05, 4.69) is 45.0 Å². The summed E-state index contributed by atoms with van der Waals surface area (Å²) < 4.78 is 11.0. The monoisotopic (exact) mass is 419 g/mol. The van der Waals surface area contributed by atoms with E-state index in [1.54, 1.807) is 18.4 Å². The molecule has 0 saturated heterocycles. The van der Waals surface area contributed by atoms with Crippen LogP contribution in [0.25, 0.3) is 0 Å². The number of aromatic nitrogens is 1. The summed E-state index contributed by atoms with van der Waals surface area (Å²) in [6.45, 7) is 6.89. The topological polar surface area (TPSA) is 71.0 Å². The van der Waals surface area contributed by atoms with Gasteiger partial charge in [-0.25, -0.2) is 9.98 Å². The zero-order valence-corrected chi connectivity index (χ0v) is 18.9. The highest BCUT2D eigenvalue weighted by molar-refractivity contribution is 7.13. The van der Waals surface area contributed by atoms with Crippen molar-refractivity contribution in [3.8, 4) is 11.5 Å². The minimum absolute atomic E-state index is 0.565. The molecule has 2 aromatic rings. The fourth-order valence-corrected chi connectivity index (χ4v) is 3.47. The molecule has 7 nitrogen and oxygen atoms in total. The van der Waals surface area contributed by atoms with Gasteiger partial charge >= 0.3 is 0 Å². The van der Waals surface area contributed by atoms with Gasteiger partial charge < -0.3 is 25.0 Å². The Hall–Kier alpha value is -2.48. The van der Waals surface area contributed by atoms with Crippen molar-refractivity contribution in [2.75, 3.05) is 45.8 Å². The summed E-state index contributed by atoms with van der Waals surface area (Å²) in [4.78, 5) is 11.2. The summed E-state index contributed by atoms with van der Waals surface area (Å²) in [6, 6.07) is 6.12. The van der Waals surface area contributed by atoms with Crippen molar-refractivity contribution >= 4 is 22.4 Å². The number of aryl methyl sites for hydroxylation is 1. The number of nitrogens with zero attached hydrogens (tertiary/aromatic N) is 3. The third kappa shape index (κ3) is 7.45. The molecule has 0 fully saturated rings. The largest absolute Gasteiger partial charge is 0.493 e. The first-order valence-corrected chi connectivity index (χ1v) is 10.9. The first kappa shape index (κ1) is 22.8. The summed E-state index contributed by atoms with van der Waals surface area (Å²) in [7, 11) is 5.66. The van der Waals surface area contributed by atoms with Crippen LogP contribution in [-0.2, 0) is 13.0 Å². The molecule has 2 N–H and O–H groups in total. The SMILES string of the molecule is CCNC(=NCc1csc(N(C)C)n1)NCCCc1ccc(OC)c(OCC)c1. The lowest BCUT2D eigenvalue weighted by molar-refractivity contribution is 0.310. The molecular weight excluding hydrogens is 386 g/mol. The van der Waals surface area contributed by atoms with E-state index >= 15 is 0 Å². The molecule has 160 valence electrons. The lowest BCUT2D eigenvalue weighted by atomic mass is 10.1. The standard InChI is InChI=1S/C21H33N5O2S/c1-6-22-20(24-14-17-15-29-21(25-17)26(3)4)23-12-8-9-16-10-11-18(27-5)19(13-16)28-7-2/h10-11,13,15H,6-9,12,14H2,1-5H3,(H2,22,23,24). The van der Waals surface area contributed by atoms with Crippen LogP contribution >= 0.6 is 11.3 Å². The minimum atomic E-state index is 0.565. The predicted molar refractivity (Wildman–Crippen MR) is 122 cm³/mol. The fourth-order valence-electron chi connectivity index (χ4n) is 2.72. The number of hydrogen-bond donors (Lipinski definition) is 2. The number of thiazole rings is 1. The second kappa shape index (κ2) is 12.2. The van der Waals surface area contributed by atoms with Crippen LogP contribution in [0.3, 0.4) is 0 Å². The van der Waals surface area contributed by atoms with Crippen LogP contribution in [0.5, 0.6) is 11.5 Å². The zero-order chi connectivity index (χ0) is 21.1. The van der Waals surface area contributed by atoms with E-state index in [1.165, 1.54) is 5.56 Å². The van der Waals surface area contributed by atoms with Crippen LogP contribution < -0.4 is 25.0 Å². The van der Waals surface area contributed by atoms with Gasteiger partial charge in [-0.1, -0.05) is 6.07 Å². The Labute approximate surface area is 178 Å². The summed E-state index contributed by atoms with van der Waals surface area (Å²) in [5.74, 6) is 2.39. The van der Waals surface area contributed by atoms with Crippen LogP contribution in [0.4, 0.5) is 5.13 Å². The van der Waals surface area contributed by atoms with Crippen LogP contribution in [0.15, 0.2) is 28.6 Å². The molecule has 29 heavy (non-hydrogen) atoms. The molecule has 0 aliphatic rings. The Kier molecular flexibility index (Phi) is 9.56. The number of aliphatic imine (C=N–C) groups is 1. The van der Waals surface area contributed by atoms with Crippen LogP contribution in [0, 0.1) is 0 Å². The van der Waals surface area contributed by atoms with Crippen molar-refractivity contribution in [3.63, 3.8) is 0 Å². The molecule has 0 bridgehead atoms. The van der Waals surface area contributed by atoms with E-state index < -0.39 is 0 Å². The van der Waals surface area contributed by atoms with Gasteiger partial charge in [-0.05, 0) is 44.4 Å². The Morgan fingerprint density at radius 2 is 2.03 bits per heavy atom. The van der Waals surface area contributed by atoms with Gasteiger partial charge in [-0.2, -0.15) is 0 Å². The van der Waals surface area contributed by atoms with E-state index in [1.807, 2.05) is 32.0 Å². The van der Waals surface area contributed by atoms with Crippen molar-refractivity contribution in [1.82, 2.24) is 15.6 Å². The minimum Gasteiger partial charge on any atom is -0.493 e. The van der Waals surface area contributed by atoms with Gasteiger partial charge in [0.05, 0.1) is 26.0 Å². The quantitative estimate of drug-likeness (QED) is 0.331. The average molecular weight is 420 g/mol. The highest BCUT2D eigenvalue weighted by atomic mass is 32.1. The van der Waals surface area contributed by atoms with E-state index in [-0.39, 0.29) is 0 Å². The summed E-state index contributed by atoms with van der Waals surface area (Å²) in [6.07, 6.45) is 1.94. The molecule has 0 amide bonds.